The van der Waals surface area contributed by atoms with Crippen molar-refractivity contribution < 1.29 is 14.9 Å². The van der Waals surface area contributed by atoms with Gasteiger partial charge in [-0.15, -0.1) is 0 Å². The first kappa shape index (κ1) is 23.3. The van der Waals surface area contributed by atoms with E-state index in [-0.39, 0.29) is 17.6 Å². The van der Waals surface area contributed by atoms with Crippen LogP contribution in [0.3, 0.4) is 0 Å². The minimum Gasteiger partial charge on any atom is -0.393 e. The highest BCUT2D eigenvalue weighted by molar-refractivity contribution is 5.31. The number of fused-ring (bicyclic) bond motifs is 4. The summed E-state index contributed by atoms with van der Waals surface area (Å²) < 4.78 is 6.89. The average Bonchev–Trinajstić information content (AvgIpc) is 3.35. The summed E-state index contributed by atoms with van der Waals surface area (Å²) in [6.07, 6.45) is 12.6. The van der Waals surface area contributed by atoms with Gasteiger partial charge in [0.15, 0.2) is 0 Å². The molecule has 188 valence electrons. The van der Waals surface area contributed by atoms with Gasteiger partial charge in [-0.1, -0.05) is 34.6 Å². The van der Waals surface area contributed by atoms with Gasteiger partial charge in [-0.2, -0.15) is 0 Å². The lowest BCUT2D eigenvalue weighted by Crippen LogP contribution is -2.57. The molecule has 33 heavy (non-hydrogen) atoms. The van der Waals surface area contributed by atoms with E-state index < -0.39 is 5.60 Å². The number of hydrogen-bond donors (Lipinski definition) is 2. The van der Waals surface area contributed by atoms with Crippen molar-refractivity contribution in [3.8, 4) is 0 Å². The second-order valence-corrected chi connectivity index (χ2v) is 15.5. The predicted molar refractivity (Wildman–Crippen MR) is 132 cm³/mol. The minimum absolute atomic E-state index is 0.0418. The van der Waals surface area contributed by atoms with E-state index in [0.717, 1.165) is 18.8 Å². The molecule has 0 radical (unpaired) electrons. The molecule has 1 heterocycles. The fourth-order valence-corrected chi connectivity index (χ4v) is 11.9. The van der Waals surface area contributed by atoms with E-state index in [1.807, 2.05) is 13.8 Å². The third kappa shape index (κ3) is 2.64. The van der Waals surface area contributed by atoms with E-state index in [1.54, 1.807) is 0 Å². The van der Waals surface area contributed by atoms with E-state index in [4.69, 9.17) is 4.74 Å². The minimum atomic E-state index is -0.765. The van der Waals surface area contributed by atoms with E-state index in [2.05, 4.69) is 34.6 Å². The normalized spacial score (nSPS) is 59.4. The molecule has 3 heteroatoms. The van der Waals surface area contributed by atoms with Crippen LogP contribution in [0.5, 0.6) is 0 Å². The standard InChI is InChI=1S/C30H50O3/c1-18-8-11-23(26(4,5)32)33-19-16-28(7)21-10-9-20-25(2,3)22(31)12-13-29(20)17-30(21,29)15-14-27(28,6)24(18)19/h18-24,31-32H,8-17H2,1-7H3. The lowest BCUT2D eigenvalue weighted by molar-refractivity contribution is -0.161. The third-order valence-electron chi connectivity index (χ3n) is 13.7. The Kier molecular flexibility index (Phi) is 4.66. The molecule has 1 aliphatic heterocycles. The number of hydrogen-bond acceptors (Lipinski definition) is 3. The number of aliphatic hydroxyl groups is 2. The van der Waals surface area contributed by atoms with Crippen LogP contribution in [0.1, 0.15) is 113 Å². The summed E-state index contributed by atoms with van der Waals surface area (Å²) in [6.45, 7) is 16.4. The molecule has 6 fully saturated rings. The van der Waals surface area contributed by atoms with Crippen molar-refractivity contribution >= 4 is 0 Å². The molecule has 0 aromatic rings. The first-order chi connectivity index (χ1) is 15.2. The van der Waals surface area contributed by atoms with Crippen LogP contribution >= 0.6 is 0 Å². The molecule has 1 saturated heterocycles. The van der Waals surface area contributed by atoms with Gasteiger partial charge in [0.05, 0.1) is 23.9 Å². The van der Waals surface area contributed by atoms with Crippen molar-refractivity contribution in [3.63, 3.8) is 0 Å². The van der Waals surface area contributed by atoms with Crippen LogP contribution in [-0.4, -0.2) is 34.1 Å². The number of ether oxygens (including phenoxy) is 1. The molecule has 3 nitrogen and oxygen atoms in total. The molecule has 11 atom stereocenters. The molecule has 5 saturated carbocycles. The van der Waals surface area contributed by atoms with Crippen LogP contribution in [0.4, 0.5) is 0 Å². The fourth-order valence-electron chi connectivity index (χ4n) is 11.9. The van der Waals surface area contributed by atoms with Crippen LogP contribution in [-0.2, 0) is 4.74 Å². The van der Waals surface area contributed by atoms with Gasteiger partial charge >= 0.3 is 0 Å². The van der Waals surface area contributed by atoms with Gasteiger partial charge in [-0.25, -0.2) is 0 Å². The topological polar surface area (TPSA) is 49.7 Å². The molecule has 6 rings (SSSR count). The van der Waals surface area contributed by atoms with Gasteiger partial charge in [-0.3, -0.25) is 0 Å². The summed E-state index contributed by atoms with van der Waals surface area (Å²) in [4.78, 5) is 0. The third-order valence-corrected chi connectivity index (χ3v) is 13.7. The summed E-state index contributed by atoms with van der Waals surface area (Å²) in [5.41, 5.74) is 0.971. The number of aliphatic hydroxyl groups excluding tert-OH is 1. The smallest absolute Gasteiger partial charge is 0.0860 e. The van der Waals surface area contributed by atoms with Crippen molar-refractivity contribution in [1.82, 2.24) is 0 Å². The van der Waals surface area contributed by atoms with Gasteiger partial charge in [0.1, 0.15) is 0 Å². The molecule has 11 unspecified atom stereocenters. The quantitative estimate of drug-likeness (QED) is 0.481. The van der Waals surface area contributed by atoms with Crippen molar-refractivity contribution in [2.75, 3.05) is 0 Å². The molecule has 0 amide bonds. The van der Waals surface area contributed by atoms with Gasteiger partial charge < -0.3 is 14.9 Å². The summed E-state index contributed by atoms with van der Waals surface area (Å²) in [6, 6.07) is 0. The molecule has 2 spiro atoms. The predicted octanol–water partition coefficient (Wildman–Crippen LogP) is 6.35. The van der Waals surface area contributed by atoms with E-state index in [1.165, 1.54) is 51.4 Å². The highest BCUT2D eigenvalue weighted by Gasteiger charge is 2.83. The summed E-state index contributed by atoms with van der Waals surface area (Å²) in [5.74, 6) is 2.77. The van der Waals surface area contributed by atoms with Crippen molar-refractivity contribution in [1.29, 1.82) is 0 Å². The Morgan fingerprint density at radius 1 is 0.818 bits per heavy atom. The maximum atomic E-state index is 10.9. The largest absolute Gasteiger partial charge is 0.393 e. The Balaban J connectivity index is 1.36. The van der Waals surface area contributed by atoms with Crippen LogP contribution < -0.4 is 0 Å². The molecule has 0 aromatic heterocycles. The van der Waals surface area contributed by atoms with Gasteiger partial charge in [-0.05, 0) is 129 Å². The maximum Gasteiger partial charge on any atom is 0.0860 e. The molecular weight excluding hydrogens is 408 g/mol. The van der Waals surface area contributed by atoms with Gasteiger partial charge in [0.2, 0.25) is 0 Å². The molecule has 6 aliphatic rings. The SMILES string of the molecule is CC1CCC(C(C)(C)O)OC2CC3(C)C4CCC5C(C)(C)C(O)CCC56CC46CCC3(C)C12. The first-order valence-corrected chi connectivity index (χ1v) is 14.3. The highest BCUT2D eigenvalue weighted by atomic mass is 16.5. The van der Waals surface area contributed by atoms with Crippen LogP contribution in [0, 0.1) is 50.7 Å². The summed E-state index contributed by atoms with van der Waals surface area (Å²) >= 11 is 0. The second-order valence-electron chi connectivity index (χ2n) is 15.5. The molecular formula is C30H50O3. The lowest BCUT2D eigenvalue weighted by atomic mass is 9.41. The van der Waals surface area contributed by atoms with Crippen LogP contribution in [0.25, 0.3) is 0 Å². The molecule has 5 aliphatic carbocycles. The highest BCUT2D eigenvalue weighted by Crippen LogP contribution is 2.89. The Bertz CT molecular complexity index is 829. The molecule has 2 N–H and O–H groups in total. The van der Waals surface area contributed by atoms with E-state index in [0.29, 0.717) is 45.5 Å². The molecule has 0 bridgehead atoms. The average molecular weight is 459 g/mol. The zero-order valence-electron chi connectivity index (χ0n) is 22.4. The van der Waals surface area contributed by atoms with E-state index >= 15 is 0 Å². The zero-order chi connectivity index (χ0) is 23.8. The maximum absolute atomic E-state index is 10.9. The van der Waals surface area contributed by atoms with Gasteiger partial charge in [0.25, 0.3) is 0 Å². The first-order valence-electron chi connectivity index (χ1n) is 14.3. The Morgan fingerprint density at radius 2 is 1.48 bits per heavy atom. The fraction of sp³-hybridized carbons (Fsp3) is 1.00. The number of rotatable bonds is 1. The zero-order valence-corrected chi connectivity index (χ0v) is 22.4. The molecule has 0 aromatic carbocycles. The Hall–Kier alpha value is -0.120. The second kappa shape index (κ2) is 6.60. The lowest BCUT2D eigenvalue weighted by Gasteiger charge is -2.63. The summed E-state index contributed by atoms with van der Waals surface area (Å²) in [7, 11) is 0. The van der Waals surface area contributed by atoms with Crippen LogP contribution in [0.15, 0.2) is 0 Å². The Labute approximate surface area is 202 Å². The van der Waals surface area contributed by atoms with Crippen molar-refractivity contribution in [2.45, 2.75) is 137 Å². The van der Waals surface area contributed by atoms with Crippen LogP contribution in [0.2, 0.25) is 0 Å². The van der Waals surface area contributed by atoms with Crippen molar-refractivity contribution in [3.05, 3.63) is 0 Å². The van der Waals surface area contributed by atoms with Gasteiger partial charge in [0, 0.05) is 0 Å². The monoisotopic (exact) mass is 458 g/mol. The summed E-state index contributed by atoms with van der Waals surface area (Å²) in [5, 5.41) is 21.7. The Morgan fingerprint density at radius 3 is 2.18 bits per heavy atom. The van der Waals surface area contributed by atoms with E-state index in [9.17, 15) is 10.2 Å². The van der Waals surface area contributed by atoms with Crippen molar-refractivity contribution in [2.24, 2.45) is 50.7 Å².